The molecule has 0 N–H and O–H groups in total. The van der Waals surface area contributed by atoms with Crippen LogP contribution in [0.2, 0.25) is 0 Å². The van der Waals surface area contributed by atoms with Crippen molar-refractivity contribution in [2.75, 3.05) is 41.0 Å². The molecule has 2 bridgehead atoms. The fourth-order valence-corrected chi connectivity index (χ4v) is 4.58. The summed E-state index contributed by atoms with van der Waals surface area (Å²) in [6.45, 7) is 1.88. The summed E-state index contributed by atoms with van der Waals surface area (Å²) in [5, 5.41) is 0. The summed E-state index contributed by atoms with van der Waals surface area (Å²) >= 11 is 0. The molecule has 4 atom stereocenters. The highest BCUT2D eigenvalue weighted by Crippen LogP contribution is 2.52. The molecule has 28 heavy (non-hydrogen) atoms. The van der Waals surface area contributed by atoms with Gasteiger partial charge in [0.1, 0.15) is 11.4 Å². The lowest BCUT2D eigenvalue weighted by Gasteiger charge is -2.27. The van der Waals surface area contributed by atoms with Crippen LogP contribution in [0.15, 0.2) is 36.4 Å². The van der Waals surface area contributed by atoms with E-state index < -0.39 is 17.4 Å². The maximum absolute atomic E-state index is 13.3. The Hall–Kier alpha value is -2.38. The van der Waals surface area contributed by atoms with Crippen molar-refractivity contribution in [3.8, 4) is 5.75 Å². The predicted octanol–water partition coefficient (Wildman–Crippen LogP) is 1.08. The second kappa shape index (κ2) is 7.22. The number of likely N-dealkylation sites (N-methyl/N-ethyl adjacent to an activating group) is 1. The summed E-state index contributed by atoms with van der Waals surface area (Å²) in [6, 6.07) is 7.68. The smallest absolute Gasteiger partial charge is 0.230 e. The van der Waals surface area contributed by atoms with Gasteiger partial charge >= 0.3 is 0 Å². The van der Waals surface area contributed by atoms with E-state index in [4.69, 9.17) is 14.2 Å². The molecule has 1 aromatic carbocycles. The van der Waals surface area contributed by atoms with Gasteiger partial charge in [0.15, 0.2) is 0 Å². The number of ether oxygens (including phenoxy) is 3. The Kier molecular flexibility index (Phi) is 4.89. The molecule has 0 aromatic heterocycles. The Labute approximate surface area is 164 Å². The number of fused-ring (bicyclic) bond motifs is 1. The van der Waals surface area contributed by atoms with Crippen molar-refractivity contribution >= 4 is 11.8 Å². The molecule has 0 aliphatic carbocycles. The first kappa shape index (κ1) is 19.0. The lowest BCUT2D eigenvalue weighted by atomic mass is 9.76. The Morgan fingerprint density at radius 3 is 2.96 bits per heavy atom. The van der Waals surface area contributed by atoms with E-state index in [0.717, 1.165) is 11.3 Å². The zero-order valence-electron chi connectivity index (χ0n) is 16.5. The topological polar surface area (TPSA) is 68.3 Å². The quantitative estimate of drug-likeness (QED) is 0.656. The van der Waals surface area contributed by atoms with Crippen molar-refractivity contribution in [3.63, 3.8) is 0 Å². The van der Waals surface area contributed by atoms with Crippen LogP contribution in [0.3, 0.4) is 0 Å². The van der Waals surface area contributed by atoms with Gasteiger partial charge in [-0.1, -0.05) is 24.3 Å². The minimum absolute atomic E-state index is 0.0202. The number of hydrogen-bond acceptors (Lipinski definition) is 5. The fourth-order valence-electron chi connectivity index (χ4n) is 4.58. The van der Waals surface area contributed by atoms with Gasteiger partial charge in [-0.25, -0.2) is 0 Å². The van der Waals surface area contributed by atoms with Gasteiger partial charge in [-0.3, -0.25) is 9.59 Å². The van der Waals surface area contributed by atoms with Crippen LogP contribution >= 0.6 is 0 Å². The molecule has 7 nitrogen and oxygen atoms in total. The second-order valence-corrected chi connectivity index (χ2v) is 7.70. The van der Waals surface area contributed by atoms with E-state index in [1.807, 2.05) is 36.4 Å². The van der Waals surface area contributed by atoms with Gasteiger partial charge in [0.2, 0.25) is 11.8 Å². The third-order valence-corrected chi connectivity index (χ3v) is 5.98. The molecule has 2 saturated heterocycles. The third-order valence-electron chi connectivity index (χ3n) is 5.98. The highest BCUT2D eigenvalue weighted by Gasteiger charge is 2.67. The van der Waals surface area contributed by atoms with Crippen LogP contribution < -0.4 is 4.74 Å². The molecule has 2 fully saturated rings. The fraction of sp³-hybridized carbons (Fsp3) is 0.524. The zero-order valence-corrected chi connectivity index (χ0v) is 16.5. The molecule has 4 rings (SSSR count). The van der Waals surface area contributed by atoms with Crippen molar-refractivity contribution in [1.82, 2.24) is 9.80 Å². The number of carbonyl (C=O) groups excluding carboxylic acids is 2. The highest BCUT2D eigenvalue weighted by atomic mass is 16.5. The Morgan fingerprint density at radius 2 is 2.21 bits per heavy atom. The normalized spacial score (nSPS) is 30.0. The van der Waals surface area contributed by atoms with Crippen molar-refractivity contribution in [3.05, 3.63) is 42.0 Å². The van der Waals surface area contributed by atoms with Crippen molar-refractivity contribution in [2.24, 2.45) is 11.8 Å². The Bertz CT molecular complexity index is 810. The first-order chi connectivity index (χ1) is 13.5. The predicted molar refractivity (Wildman–Crippen MR) is 102 cm³/mol. The average Bonchev–Trinajstić information content (AvgIpc) is 3.34. The van der Waals surface area contributed by atoms with Gasteiger partial charge in [-0.05, 0) is 17.7 Å². The van der Waals surface area contributed by atoms with E-state index >= 15 is 0 Å². The standard InChI is InChI=1S/C21H26N2O5/c1-22(9-10-26-2)19(24)17-16-7-8-21(28-16)13-23(20(25)18(17)21)12-14-5-4-6-15(11-14)27-3/h4-8,11,16-18H,9-10,12-13H2,1-3H3/t16-,17?,18?,21-/m1/s1. The molecule has 1 aromatic rings. The van der Waals surface area contributed by atoms with Crippen LogP contribution in [0.4, 0.5) is 0 Å². The maximum Gasteiger partial charge on any atom is 0.230 e. The zero-order chi connectivity index (χ0) is 19.9. The van der Waals surface area contributed by atoms with Crippen LogP contribution in [-0.2, 0) is 25.6 Å². The third kappa shape index (κ3) is 2.99. The first-order valence-electron chi connectivity index (χ1n) is 9.52. The number of nitrogens with zero attached hydrogens (tertiary/aromatic N) is 2. The first-order valence-corrected chi connectivity index (χ1v) is 9.52. The summed E-state index contributed by atoms with van der Waals surface area (Å²) in [7, 11) is 4.97. The van der Waals surface area contributed by atoms with Crippen LogP contribution in [0, 0.1) is 11.8 Å². The van der Waals surface area contributed by atoms with Gasteiger partial charge in [0, 0.05) is 27.2 Å². The van der Waals surface area contributed by atoms with Crippen LogP contribution in [0.5, 0.6) is 5.75 Å². The van der Waals surface area contributed by atoms with Crippen LogP contribution in [-0.4, -0.2) is 74.3 Å². The van der Waals surface area contributed by atoms with Crippen molar-refractivity contribution < 1.29 is 23.8 Å². The Morgan fingerprint density at radius 1 is 1.39 bits per heavy atom. The summed E-state index contributed by atoms with van der Waals surface area (Å²) in [5.41, 5.74) is 0.297. The molecular weight excluding hydrogens is 360 g/mol. The summed E-state index contributed by atoms with van der Waals surface area (Å²) in [6.07, 6.45) is 3.58. The van der Waals surface area contributed by atoms with Gasteiger partial charge in [0.05, 0.1) is 38.2 Å². The lowest BCUT2D eigenvalue weighted by molar-refractivity contribution is -0.142. The molecular formula is C21H26N2O5. The van der Waals surface area contributed by atoms with E-state index in [-0.39, 0.29) is 17.9 Å². The molecule has 150 valence electrons. The largest absolute Gasteiger partial charge is 0.497 e. The number of carbonyl (C=O) groups is 2. The number of likely N-dealkylation sites (tertiary alicyclic amines) is 1. The van der Waals surface area contributed by atoms with E-state index in [2.05, 4.69) is 0 Å². The summed E-state index contributed by atoms with van der Waals surface area (Å²) in [5.74, 6) is -0.268. The molecule has 2 amide bonds. The molecule has 3 aliphatic heterocycles. The molecule has 3 aliphatic rings. The number of methoxy groups -OCH3 is 2. The van der Waals surface area contributed by atoms with E-state index in [9.17, 15) is 9.59 Å². The van der Waals surface area contributed by atoms with Crippen LogP contribution in [0.1, 0.15) is 5.56 Å². The average molecular weight is 386 g/mol. The molecule has 0 saturated carbocycles. The SMILES string of the molecule is COCCN(C)C(=O)C1C2C(=O)N(Cc3cccc(OC)c3)C[C@]23C=C[C@H]1O3. The number of amides is 2. The van der Waals surface area contributed by atoms with Crippen molar-refractivity contribution in [2.45, 2.75) is 18.2 Å². The minimum Gasteiger partial charge on any atom is -0.497 e. The minimum atomic E-state index is -0.691. The molecule has 3 heterocycles. The number of benzene rings is 1. The Balaban J connectivity index is 1.54. The number of rotatable bonds is 7. The van der Waals surface area contributed by atoms with Crippen LogP contribution in [0.25, 0.3) is 0 Å². The highest BCUT2D eigenvalue weighted by molar-refractivity contribution is 5.93. The molecule has 2 unspecified atom stereocenters. The monoisotopic (exact) mass is 386 g/mol. The maximum atomic E-state index is 13.3. The molecule has 1 spiro atoms. The van der Waals surface area contributed by atoms with Crippen molar-refractivity contribution in [1.29, 1.82) is 0 Å². The van der Waals surface area contributed by atoms with Gasteiger partial charge < -0.3 is 24.0 Å². The van der Waals surface area contributed by atoms with E-state index in [1.54, 1.807) is 31.1 Å². The molecule has 7 heteroatoms. The summed E-state index contributed by atoms with van der Waals surface area (Å²) in [4.78, 5) is 29.7. The number of hydrogen-bond donors (Lipinski definition) is 0. The summed E-state index contributed by atoms with van der Waals surface area (Å²) < 4.78 is 16.5. The second-order valence-electron chi connectivity index (χ2n) is 7.70. The van der Waals surface area contributed by atoms with E-state index in [1.165, 1.54) is 0 Å². The van der Waals surface area contributed by atoms with Gasteiger partial charge in [-0.2, -0.15) is 0 Å². The van der Waals surface area contributed by atoms with Gasteiger partial charge in [-0.15, -0.1) is 0 Å². The molecule has 0 radical (unpaired) electrons. The van der Waals surface area contributed by atoms with Gasteiger partial charge in [0.25, 0.3) is 0 Å². The van der Waals surface area contributed by atoms with E-state index in [0.29, 0.717) is 26.2 Å². The lowest BCUT2D eigenvalue weighted by Crippen LogP contribution is -2.45.